The summed E-state index contributed by atoms with van der Waals surface area (Å²) in [7, 11) is 1.55. The van der Waals surface area contributed by atoms with Crippen LogP contribution in [0.2, 0.25) is 0 Å². The van der Waals surface area contributed by atoms with E-state index in [0.29, 0.717) is 11.3 Å². The van der Waals surface area contributed by atoms with Gasteiger partial charge in [-0.3, -0.25) is 0 Å². The number of para-hydroxylation sites is 1. The highest BCUT2D eigenvalue weighted by atomic mass is 127. The molecule has 0 saturated carbocycles. The van der Waals surface area contributed by atoms with Crippen molar-refractivity contribution >= 4 is 28.6 Å². The number of methoxy groups -OCH3 is 1. The van der Waals surface area contributed by atoms with E-state index in [-0.39, 0.29) is 12.1 Å². The second-order valence-electron chi connectivity index (χ2n) is 3.27. The lowest BCUT2D eigenvalue weighted by Crippen LogP contribution is -2.13. The van der Waals surface area contributed by atoms with Crippen LogP contribution in [-0.4, -0.2) is 19.2 Å². The van der Waals surface area contributed by atoms with Crippen molar-refractivity contribution in [2.45, 2.75) is 20.0 Å². The van der Waals surface area contributed by atoms with Gasteiger partial charge in [0.1, 0.15) is 11.3 Å². The molecule has 0 bridgehead atoms. The number of halogens is 1. The molecule has 0 aliphatic rings. The van der Waals surface area contributed by atoms with Gasteiger partial charge in [-0.15, -0.1) is 0 Å². The molecule has 0 fully saturated rings. The minimum absolute atomic E-state index is 0.125. The van der Waals surface area contributed by atoms with Crippen LogP contribution in [0.4, 0.5) is 0 Å². The lowest BCUT2D eigenvalue weighted by Gasteiger charge is -2.11. The van der Waals surface area contributed by atoms with Crippen LogP contribution in [0.1, 0.15) is 24.2 Å². The monoisotopic (exact) mass is 320 g/mol. The fraction of sp³-hybridized carbons (Fsp3) is 0.364. The van der Waals surface area contributed by atoms with Crippen LogP contribution < -0.4 is 4.74 Å². The highest BCUT2D eigenvalue weighted by Crippen LogP contribution is 2.26. The van der Waals surface area contributed by atoms with E-state index >= 15 is 0 Å². The Hall–Kier alpha value is -0.780. The van der Waals surface area contributed by atoms with Gasteiger partial charge in [0.05, 0.1) is 16.8 Å². The van der Waals surface area contributed by atoms with Crippen LogP contribution in [0.3, 0.4) is 0 Å². The molecule has 3 nitrogen and oxygen atoms in total. The zero-order chi connectivity index (χ0) is 11.4. The van der Waals surface area contributed by atoms with Crippen molar-refractivity contribution in [2.24, 2.45) is 0 Å². The molecule has 0 aliphatic heterocycles. The van der Waals surface area contributed by atoms with Crippen LogP contribution in [0, 0.1) is 3.57 Å². The Morgan fingerprint density at radius 3 is 2.60 bits per heavy atom. The number of carbonyl (C=O) groups excluding carboxylic acids is 1. The van der Waals surface area contributed by atoms with Gasteiger partial charge >= 0.3 is 5.97 Å². The summed E-state index contributed by atoms with van der Waals surface area (Å²) in [5.74, 6) is 0.226. The minimum atomic E-state index is -0.347. The fourth-order valence-electron chi connectivity index (χ4n) is 1.15. The van der Waals surface area contributed by atoms with Crippen molar-refractivity contribution < 1.29 is 14.3 Å². The van der Waals surface area contributed by atoms with E-state index in [9.17, 15) is 4.79 Å². The van der Waals surface area contributed by atoms with E-state index in [1.165, 1.54) is 0 Å². The molecule has 0 unspecified atom stereocenters. The maximum atomic E-state index is 11.7. The Morgan fingerprint density at radius 1 is 1.40 bits per heavy atom. The third-order valence-electron chi connectivity index (χ3n) is 1.73. The first-order valence-corrected chi connectivity index (χ1v) is 5.67. The third-order valence-corrected chi connectivity index (χ3v) is 2.58. The van der Waals surface area contributed by atoms with Crippen molar-refractivity contribution in [1.82, 2.24) is 0 Å². The van der Waals surface area contributed by atoms with Crippen LogP contribution >= 0.6 is 22.6 Å². The van der Waals surface area contributed by atoms with Gasteiger partial charge in [0.25, 0.3) is 0 Å². The molecule has 0 spiro atoms. The average Bonchev–Trinajstić information content (AvgIpc) is 2.16. The van der Waals surface area contributed by atoms with Gasteiger partial charge in [0, 0.05) is 0 Å². The first-order valence-electron chi connectivity index (χ1n) is 4.59. The molecular formula is C11H13IO3. The average molecular weight is 320 g/mol. The van der Waals surface area contributed by atoms with E-state index in [0.717, 1.165) is 3.57 Å². The largest absolute Gasteiger partial charge is 0.495 e. The molecule has 0 amide bonds. The normalized spacial score (nSPS) is 10.2. The van der Waals surface area contributed by atoms with Gasteiger partial charge in [-0.05, 0) is 48.6 Å². The highest BCUT2D eigenvalue weighted by molar-refractivity contribution is 14.1. The standard InChI is InChI=1S/C11H13IO3/c1-7(2)15-11(13)8-5-4-6-9(12)10(8)14-3/h4-7H,1-3H3. The maximum Gasteiger partial charge on any atom is 0.342 e. The second-order valence-corrected chi connectivity index (χ2v) is 4.44. The molecule has 1 aromatic rings. The summed E-state index contributed by atoms with van der Waals surface area (Å²) < 4.78 is 11.2. The number of rotatable bonds is 3. The molecule has 82 valence electrons. The maximum absolute atomic E-state index is 11.7. The molecule has 0 N–H and O–H groups in total. The number of carbonyl (C=O) groups is 1. The molecule has 15 heavy (non-hydrogen) atoms. The Kier molecular flexibility index (Phi) is 4.38. The van der Waals surface area contributed by atoms with E-state index in [4.69, 9.17) is 9.47 Å². The smallest absolute Gasteiger partial charge is 0.342 e. The summed E-state index contributed by atoms with van der Waals surface area (Å²) in [6.45, 7) is 3.64. The summed E-state index contributed by atoms with van der Waals surface area (Å²) in [4.78, 5) is 11.7. The number of benzene rings is 1. The van der Waals surface area contributed by atoms with Gasteiger partial charge in [0.15, 0.2) is 0 Å². The van der Waals surface area contributed by atoms with Gasteiger partial charge < -0.3 is 9.47 Å². The summed E-state index contributed by atoms with van der Waals surface area (Å²) in [5, 5.41) is 0. The van der Waals surface area contributed by atoms with Crippen molar-refractivity contribution in [3.05, 3.63) is 27.3 Å². The molecule has 1 aromatic carbocycles. The molecule has 0 saturated heterocycles. The fourth-order valence-corrected chi connectivity index (χ4v) is 1.87. The Morgan fingerprint density at radius 2 is 2.07 bits per heavy atom. The predicted octanol–water partition coefficient (Wildman–Crippen LogP) is 2.87. The van der Waals surface area contributed by atoms with Crippen molar-refractivity contribution in [2.75, 3.05) is 7.11 Å². The minimum Gasteiger partial charge on any atom is -0.495 e. The number of ether oxygens (including phenoxy) is 2. The Balaban J connectivity index is 3.03. The first kappa shape index (κ1) is 12.3. The molecule has 0 heterocycles. The van der Waals surface area contributed by atoms with Crippen LogP contribution in [0.25, 0.3) is 0 Å². The van der Waals surface area contributed by atoms with Crippen LogP contribution in [-0.2, 0) is 4.74 Å². The predicted molar refractivity (Wildman–Crippen MR) is 66.3 cm³/mol. The van der Waals surface area contributed by atoms with Crippen molar-refractivity contribution in [3.8, 4) is 5.75 Å². The first-order chi connectivity index (χ1) is 7.06. The SMILES string of the molecule is COc1c(I)cccc1C(=O)OC(C)C. The van der Waals surface area contributed by atoms with Crippen molar-refractivity contribution in [1.29, 1.82) is 0 Å². The van der Waals surface area contributed by atoms with Gasteiger partial charge in [0.2, 0.25) is 0 Å². The molecular weight excluding hydrogens is 307 g/mol. The van der Waals surface area contributed by atoms with E-state index < -0.39 is 0 Å². The van der Waals surface area contributed by atoms with Crippen molar-refractivity contribution in [3.63, 3.8) is 0 Å². The summed E-state index contributed by atoms with van der Waals surface area (Å²) in [6, 6.07) is 5.39. The Bertz CT molecular complexity index is 361. The van der Waals surface area contributed by atoms with E-state index in [1.807, 2.05) is 19.9 Å². The zero-order valence-corrected chi connectivity index (χ0v) is 11.1. The molecule has 0 atom stereocenters. The molecule has 0 radical (unpaired) electrons. The topological polar surface area (TPSA) is 35.5 Å². The van der Waals surface area contributed by atoms with Gasteiger partial charge in [-0.2, -0.15) is 0 Å². The lowest BCUT2D eigenvalue weighted by atomic mass is 10.2. The molecule has 4 heteroatoms. The molecule has 0 aromatic heterocycles. The lowest BCUT2D eigenvalue weighted by molar-refractivity contribution is 0.0374. The summed E-state index contributed by atoms with van der Waals surface area (Å²) in [6.07, 6.45) is -0.125. The zero-order valence-electron chi connectivity index (χ0n) is 8.91. The number of esters is 1. The number of hydrogen-bond acceptors (Lipinski definition) is 3. The van der Waals surface area contributed by atoms with E-state index in [1.54, 1.807) is 19.2 Å². The highest BCUT2D eigenvalue weighted by Gasteiger charge is 2.16. The summed E-state index contributed by atoms with van der Waals surface area (Å²) in [5.41, 5.74) is 0.470. The quantitative estimate of drug-likeness (QED) is 0.635. The van der Waals surface area contributed by atoms with Gasteiger partial charge in [-0.1, -0.05) is 6.07 Å². The van der Waals surface area contributed by atoms with Crippen LogP contribution in [0.15, 0.2) is 18.2 Å². The van der Waals surface area contributed by atoms with Gasteiger partial charge in [-0.25, -0.2) is 4.79 Å². The molecule has 1 rings (SSSR count). The third kappa shape index (κ3) is 3.09. The van der Waals surface area contributed by atoms with E-state index in [2.05, 4.69) is 22.6 Å². The molecule has 0 aliphatic carbocycles. The summed E-state index contributed by atoms with van der Waals surface area (Å²) >= 11 is 2.12. The van der Waals surface area contributed by atoms with Crippen LogP contribution in [0.5, 0.6) is 5.75 Å². The Labute approximate surface area is 103 Å². The number of hydrogen-bond donors (Lipinski definition) is 0. The second kappa shape index (κ2) is 5.34.